The molecule has 2 aromatic carbocycles. The summed E-state index contributed by atoms with van der Waals surface area (Å²) in [6.07, 6.45) is 0. The van der Waals surface area contributed by atoms with Crippen molar-refractivity contribution in [1.82, 2.24) is 4.90 Å². The first-order valence-corrected chi connectivity index (χ1v) is 8.98. The first kappa shape index (κ1) is 18.8. The number of benzene rings is 2. The van der Waals surface area contributed by atoms with Crippen molar-refractivity contribution in [2.45, 2.75) is 6.92 Å². The van der Waals surface area contributed by atoms with Gasteiger partial charge in [0.15, 0.2) is 12.4 Å². The number of ketones is 1. The van der Waals surface area contributed by atoms with Crippen molar-refractivity contribution in [1.29, 1.82) is 0 Å². The number of piperazine rings is 1. The molecule has 0 bridgehead atoms. The van der Waals surface area contributed by atoms with E-state index < -0.39 is 0 Å². The van der Waals surface area contributed by atoms with Gasteiger partial charge in [-0.3, -0.25) is 9.59 Å². The number of nitrogens with zero attached hydrogens (tertiary/aromatic N) is 2. The molecule has 1 fully saturated rings. The number of carbonyl (C=O) groups excluding carboxylic acids is 2. The molecule has 3 rings (SSSR count). The number of hydrogen-bond acceptors (Lipinski definition) is 5. The third-order valence-corrected chi connectivity index (χ3v) is 4.69. The number of ether oxygens (including phenoxy) is 2. The smallest absolute Gasteiger partial charge is 0.260 e. The van der Waals surface area contributed by atoms with Gasteiger partial charge in [0.2, 0.25) is 0 Å². The van der Waals surface area contributed by atoms with Gasteiger partial charge in [0, 0.05) is 31.9 Å². The maximum Gasteiger partial charge on any atom is 0.260 e. The van der Waals surface area contributed by atoms with E-state index in [0.717, 1.165) is 24.5 Å². The van der Waals surface area contributed by atoms with E-state index in [2.05, 4.69) is 4.90 Å². The Hall–Kier alpha value is -3.02. The lowest BCUT2D eigenvalue weighted by molar-refractivity contribution is -0.133. The number of carbonyl (C=O) groups is 2. The van der Waals surface area contributed by atoms with E-state index in [1.165, 1.54) is 6.92 Å². The molecule has 0 aromatic heterocycles. The van der Waals surface area contributed by atoms with Crippen molar-refractivity contribution in [2.75, 3.05) is 44.8 Å². The lowest BCUT2D eigenvalue weighted by Gasteiger charge is -2.36. The highest BCUT2D eigenvalue weighted by atomic mass is 16.5. The zero-order valence-corrected chi connectivity index (χ0v) is 15.7. The Morgan fingerprint density at radius 1 is 0.963 bits per heavy atom. The third kappa shape index (κ3) is 4.58. The lowest BCUT2D eigenvalue weighted by atomic mass is 10.1. The monoisotopic (exact) mass is 368 g/mol. The SMILES string of the molecule is COc1ccc(N2CCN(C(=O)COc3ccccc3C(C)=O)CC2)cc1. The van der Waals surface area contributed by atoms with Gasteiger partial charge in [-0.05, 0) is 43.3 Å². The van der Waals surface area contributed by atoms with E-state index in [0.29, 0.717) is 24.4 Å². The summed E-state index contributed by atoms with van der Waals surface area (Å²) in [5.41, 5.74) is 1.61. The second-order valence-corrected chi connectivity index (χ2v) is 6.41. The van der Waals surface area contributed by atoms with Crippen LogP contribution in [0.15, 0.2) is 48.5 Å². The molecule has 1 aliphatic rings. The molecule has 6 heteroatoms. The molecule has 0 N–H and O–H groups in total. The van der Waals surface area contributed by atoms with Gasteiger partial charge < -0.3 is 19.3 Å². The van der Waals surface area contributed by atoms with Crippen LogP contribution in [0.25, 0.3) is 0 Å². The number of hydrogen-bond donors (Lipinski definition) is 0. The van der Waals surface area contributed by atoms with Crippen molar-refractivity contribution in [2.24, 2.45) is 0 Å². The zero-order chi connectivity index (χ0) is 19.2. The Bertz CT molecular complexity index is 796. The van der Waals surface area contributed by atoms with Crippen molar-refractivity contribution in [3.8, 4) is 11.5 Å². The second-order valence-electron chi connectivity index (χ2n) is 6.41. The first-order chi connectivity index (χ1) is 13.1. The van der Waals surface area contributed by atoms with Crippen LogP contribution >= 0.6 is 0 Å². The predicted molar refractivity (Wildman–Crippen MR) is 104 cm³/mol. The van der Waals surface area contributed by atoms with Gasteiger partial charge >= 0.3 is 0 Å². The van der Waals surface area contributed by atoms with Crippen LogP contribution in [0.3, 0.4) is 0 Å². The summed E-state index contributed by atoms with van der Waals surface area (Å²) in [4.78, 5) is 28.1. The maximum atomic E-state index is 12.5. The molecule has 2 aromatic rings. The highest BCUT2D eigenvalue weighted by molar-refractivity contribution is 5.96. The molecule has 1 saturated heterocycles. The average Bonchev–Trinajstić information content (AvgIpc) is 2.72. The molecular formula is C21H24N2O4. The largest absolute Gasteiger partial charge is 0.497 e. The van der Waals surface area contributed by atoms with Gasteiger partial charge in [-0.1, -0.05) is 12.1 Å². The van der Waals surface area contributed by atoms with Crippen LogP contribution in [0, 0.1) is 0 Å². The molecule has 0 atom stereocenters. The maximum absolute atomic E-state index is 12.5. The minimum absolute atomic E-state index is 0.0627. The van der Waals surface area contributed by atoms with Gasteiger partial charge in [-0.2, -0.15) is 0 Å². The quantitative estimate of drug-likeness (QED) is 0.734. The van der Waals surface area contributed by atoms with Gasteiger partial charge in [-0.15, -0.1) is 0 Å². The summed E-state index contributed by atoms with van der Waals surface area (Å²) >= 11 is 0. The minimum atomic E-state index is -0.0776. The molecule has 0 saturated carbocycles. The number of anilines is 1. The third-order valence-electron chi connectivity index (χ3n) is 4.69. The van der Waals surface area contributed by atoms with Gasteiger partial charge in [0.05, 0.1) is 12.7 Å². The highest BCUT2D eigenvalue weighted by Gasteiger charge is 2.22. The van der Waals surface area contributed by atoms with E-state index in [1.807, 2.05) is 24.3 Å². The molecule has 0 aliphatic carbocycles. The first-order valence-electron chi connectivity index (χ1n) is 8.98. The Morgan fingerprint density at radius 3 is 2.26 bits per heavy atom. The summed E-state index contributed by atoms with van der Waals surface area (Å²) in [6.45, 7) is 4.24. The Balaban J connectivity index is 1.52. The van der Waals surface area contributed by atoms with Crippen molar-refractivity contribution in [3.05, 3.63) is 54.1 Å². The molecular weight excluding hydrogens is 344 g/mol. The molecule has 0 unspecified atom stereocenters. The highest BCUT2D eigenvalue weighted by Crippen LogP contribution is 2.21. The molecule has 1 heterocycles. The minimum Gasteiger partial charge on any atom is -0.497 e. The van der Waals surface area contributed by atoms with Gasteiger partial charge in [0.25, 0.3) is 5.91 Å². The fraction of sp³-hybridized carbons (Fsp3) is 0.333. The number of rotatable bonds is 6. The second kappa shape index (κ2) is 8.58. The van der Waals surface area contributed by atoms with Crippen LogP contribution in [0.4, 0.5) is 5.69 Å². The van der Waals surface area contributed by atoms with Gasteiger partial charge in [-0.25, -0.2) is 0 Å². The Kier molecular flexibility index (Phi) is 5.96. The fourth-order valence-electron chi connectivity index (χ4n) is 3.12. The van der Waals surface area contributed by atoms with E-state index in [4.69, 9.17) is 9.47 Å². The summed E-state index contributed by atoms with van der Waals surface area (Å²) < 4.78 is 10.8. The standard InChI is InChI=1S/C21H24N2O4/c1-16(24)19-5-3-4-6-20(19)27-15-21(25)23-13-11-22(12-14-23)17-7-9-18(26-2)10-8-17/h3-10H,11-15H2,1-2H3. The molecule has 0 spiro atoms. The topological polar surface area (TPSA) is 59.1 Å². The van der Waals surface area contributed by atoms with Crippen LogP contribution in [-0.2, 0) is 4.79 Å². The Labute approximate surface area is 159 Å². The van der Waals surface area contributed by atoms with Crippen LogP contribution in [-0.4, -0.2) is 56.5 Å². The Morgan fingerprint density at radius 2 is 1.63 bits per heavy atom. The summed E-state index contributed by atoms with van der Waals surface area (Å²) in [5, 5.41) is 0. The lowest BCUT2D eigenvalue weighted by Crippen LogP contribution is -2.50. The van der Waals surface area contributed by atoms with Crippen LogP contribution in [0.5, 0.6) is 11.5 Å². The molecule has 0 radical (unpaired) electrons. The van der Waals surface area contributed by atoms with Crippen LogP contribution < -0.4 is 14.4 Å². The number of para-hydroxylation sites is 1. The number of Topliss-reactive ketones (excluding diaryl/α,β-unsaturated/α-hetero) is 1. The normalized spacial score (nSPS) is 14.0. The van der Waals surface area contributed by atoms with Crippen molar-refractivity contribution in [3.63, 3.8) is 0 Å². The van der Waals surface area contributed by atoms with Crippen molar-refractivity contribution < 1.29 is 19.1 Å². The number of methoxy groups -OCH3 is 1. The van der Waals surface area contributed by atoms with Crippen molar-refractivity contribution >= 4 is 17.4 Å². The van der Waals surface area contributed by atoms with Crippen LogP contribution in [0.2, 0.25) is 0 Å². The molecule has 1 aliphatic heterocycles. The number of amides is 1. The van der Waals surface area contributed by atoms with Crippen LogP contribution in [0.1, 0.15) is 17.3 Å². The van der Waals surface area contributed by atoms with E-state index in [-0.39, 0.29) is 18.3 Å². The molecule has 1 amide bonds. The molecule has 6 nitrogen and oxygen atoms in total. The van der Waals surface area contributed by atoms with Gasteiger partial charge in [0.1, 0.15) is 11.5 Å². The van der Waals surface area contributed by atoms with E-state index in [9.17, 15) is 9.59 Å². The fourth-order valence-corrected chi connectivity index (χ4v) is 3.12. The molecule has 142 valence electrons. The average molecular weight is 368 g/mol. The molecule has 27 heavy (non-hydrogen) atoms. The van der Waals surface area contributed by atoms with E-state index >= 15 is 0 Å². The van der Waals surface area contributed by atoms with E-state index in [1.54, 1.807) is 36.3 Å². The predicted octanol–water partition coefficient (Wildman–Crippen LogP) is 2.63. The zero-order valence-electron chi connectivity index (χ0n) is 15.7. The summed E-state index contributed by atoms with van der Waals surface area (Å²) in [5.74, 6) is 1.14. The summed E-state index contributed by atoms with van der Waals surface area (Å²) in [7, 11) is 1.65. The summed E-state index contributed by atoms with van der Waals surface area (Å²) in [6, 6.07) is 14.9.